The average molecular weight is 586 g/mol. The molecule has 10 nitrogen and oxygen atoms in total. The molecule has 5 rings (SSSR count). The van der Waals surface area contributed by atoms with Crippen molar-refractivity contribution in [3.63, 3.8) is 0 Å². The molecule has 1 atom stereocenters. The van der Waals surface area contributed by atoms with Crippen LogP contribution in [0.5, 0.6) is 5.75 Å². The number of nitrogens with zero attached hydrogens (tertiary/aromatic N) is 6. The first-order chi connectivity index (χ1) is 19.2. The number of aromatic nitrogens is 5. The number of ether oxygens (including phenoxy) is 1. The van der Waals surface area contributed by atoms with Crippen molar-refractivity contribution in [1.29, 1.82) is 0 Å². The normalized spacial score (nSPS) is 15.3. The summed E-state index contributed by atoms with van der Waals surface area (Å²) in [4.78, 5) is 31.0. The fourth-order valence-electron chi connectivity index (χ4n) is 4.29. The van der Waals surface area contributed by atoms with E-state index in [2.05, 4.69) is 40.3 Å². The van der Waals surface area contributed by atoms with Gasteiger partial charge in [-0.3, -0.25) is 9.59 Å². The average Bonchev–Trinajstić information content (AvgIpc) is 3.66. The molecule has 0 saturated carbocycles. The monoisotopic (exact) mass is 585 g/mol. The van der Waals surface area contributed by atoms with Crippen molar-refractivity contribution in [2.45, 2.75) is 44.6 Å². The molecule has 1 saturated heterocycles. The zero-order valence-electron chi connectivity index (χ0n) is 21.4. The summed E-state index contributed by atoms with van der Waals surface area (Å²) in [6.07, 6.45) is -1.93. The standard InChI is InChI=1S/C26H25F2N7O3S2/c1-26(27,28)38-20-4-2-3-16(9-20)10-23(37)30-21-5-6-22(32-31-21)35-8-7-17(13-35)25-34-33-24(40-25)12-19(36)11-18-14-39-15-29-18/h2-6,9,14-15,17H,7-8,10-13H2,1H3,(H,30,31,37). The molecule has 1 N–H and O–H groups in total. The summed E-state index contributed by atoms with van der Waals surface area (Å²) < 4.78 is 30.8. The number of benzene rings is 1. The first kappa shape index (κ1) is 27.6. The molecule has 0 spiro atoms. The third-order valence-corrected chi connectivity index (χ3v) is 7.75. The number of rotatable bonds is 11. The van der Waals surface area contributed by atoms with Crippen molar-refractivity contribution in [1.82, 2.24) is 25.4 Å². The minimum Gasteiger partial charge on any atom is -0.433 e. The summed E-state index contributed by atoms with van der Waals surface area (Å²) in [7, 11) is 0. The molecule has 40 heavy (non-hydrogen) atoms. The molecule has 1 unspecified atom stereocenters. The third kappa shape index (κ3) is 7.60. The van der Waals surface area contributed by atoms with Gasteiger partial charge in [0.15, 0.2) is 11.6 Å². The molecule has 3 aromatic heterocycles. The van der Waals surface area contributed by atoms with Crippen LogP contribution in [-0.4, -0.2) is 56.3 Å². The minimum atomic E-state index is -3.31. The molecule has 1 aliphatic heterocycles. The lowest BCUT2D eigenvalue weighted by Gasteiger charge is -2.16. The van der Waals surface area contributed by atoms with Crippen LogP contribution in [0, 0.1) is 0 Å². The molecule has 0 bridgehead atoms. The molecule has 14 heteroatoms. The number of carbonyl (C=O) groups is 2. The predicted octanol–water partition coefficient (Wildman–Crippen LogP) is 4.31. The predicted molar refractivity (Wildman–Crippen MR) is 146 cm³/mol. The number of nitrogens with one attached hydrogen (secondary N) is 1. The number of carbonyl (C=O) groups excluding carboxylic acids is 2. The first-order valence-electron chi connectivity index (χ1n) is 12.5. The zero-order valence-corrected chi connectivity index (χ0v) is 23.1. The molecular weight excluding hydrogens is 560 g/mol. The van der Waals surface area contributed by atoms with Gasteiger partial charge in [-0.25, -0.2) is 4.98 Å². The van der Waals surface area contributed by atoms with E-state index in [9.17, 15) is 18.4 Å². The smallest absolute Gasteiger partial charge is 0.394 e. The second-order valence-corrected chi connectivity index (χ2v) is 11.2. The molecule has 4 aromatic rings. The van der Waals surface area contributed by atoms with Crippen LogP contribution in [0.3, 0.4) is 0 Å². The lowest BCUT2D eigenvalue weighted by Crippen LogP contribution is -2.21. The number of halogens is 2. The van der Waals surface area contributed by atoms with Gasteiger partial charge < -0.3 is 15.0 Å². The Hall–Kier alpha value is -3.91. The van der Waals surface area contributed by atoms with E-state index in [1.165, 1.54) is 34.8 Å². The van der Waals surface area contributed by atoms with Gasteiger partial charge >= 0.3 is 6.11 Å². The maximum Gasteiger partial charge on any atom is 0.394 e. The number of ketones is 1. The highest BCUT2D eigenvalue weighted by atomic mass is 32.1. The van der Waals surface area contributed by atoms with E-state index in [0.29, 0.717) is 36.3 Å². The van der Waals surface area contributed by atoms with Gasteiger partial charge in [-0.15, -0.1) is 43.1 Å². The number of anilines is 2. The summed E-state index contributed by atoms with van der Waals surface area (Å²) in [5, 5.41) is 23.1. The summed E-state index contributed by atoms with van der Waals surface area (Å²) >= 11 is 2.93. The van der Waals surface area contributed by atoms with E-state index in [-0.39, 0.29) is 42.0 Å². The van der Waals surface area contributed by atoms with Crippen LogP contribution in [0.4, 0.5) is 20.4 Å². The Morgan fingerprint density at radius 2 is 2.00 bits per heavy atom. The van der Waals surface area contributed by atoms with Gasteiger partial charge in [0, 0.05) is 37.7 Å². The van der Waals surface area contributed by atoms with Crippen molar-refractivity contribution in [2.75, 3.05) is 23.3 Å². The van der Waals surface area contributed by atoms with Gasteiger partial charge in [0.05, 0.1) is 24.0 Å². The SMILES string of the molecule is CC(F)(F)Oc1cccc(CC(=O)Nc2ccc(N3CCC(c4nnc(CC(=O)Cc5cscn5)s4)C3)nn2)c1. The van der Waals surface area contributed by atoms with Crippen molar-refractivity contribution >= 4 is 46.0 Å². The van der Waals surface area contributed by atoms with Gasteiger partial charge in [-0.1, -0.05) is 12.1 Å². The molecule has 0 radical (unpaired) electrons. The number of hydrogen-bond acceptors (Lipinski definition) is 11. The van der Waals surface area contributed by atoms with Crippen LogP contribution in [0.25, 0.3) is 0 Å². The van der Waals surface area contributed by atoms with Crippen molar-refractivity contribution in [3.05, 3.63) is 68.6 Å². The Morgan fingerprint density at radius 3 is 2.75 bits per heavy atom. The Labute approximate surface area is 236 Å². The quantitative estimate of drug-likeness (QED) is 0.274. The van der Waals surface area contributed by atoms with E-state index >= 15 is 0 Å². The summed E-state index contributed by atoms with van der Waals surface area (Å²) in [5.41, 5.74) is 3.01. The Morgan fingerprint density at radius 1 is 1.12 bits per heavy atom. The number of Topliss-reactive ketones (excluding diaryl/α,β-unsaturated/α-hetero) is 1. The number of thiazole rings is 1. The molecule has 1 fully saturated rings. The second kappa shape index (κ2) is 12.1. The fourth-order valence-corrected chi connectivity index (χ4v) is 5.85. The Bertz CT molecular complexity index is 1460. The second-order valence-electron chi connectivity index (χ2n) is 9.40. The largest absolute Gasteiger partial charge is 0.433 e. The molecule has 1 amide bonds. The summed E-state index contributed by atoms with van der Waals surface area (Å²) in [6, 6.07) is 9.46. The van der Waals surface area contributed by atoms with E-state index in [1.54, 1.807) is 29.8 Å². The molecule has 1 aliphatic rings. The van der Waals surface area contributed by atoms with Gasteiger partial charge in [0.1, 0.15) is 21.5 Å². The van der Waals surface area contributed by atoms with Gasteiger partial charge in [0.25, 0.3) is 0 Å². The summed E-state index contributed by atoms with van der Waals surface area (Å²) in [6.45, 7) is 2.11. The fraction of sp³-hybridized carbons (Fsp3) is 0.346. The van der Waals surface area contributed by atoms with Crippen LogP contribution in [0.1, 0.15) is 40.5 Å². The van der Waals surface area contributed by atoms with Crippen molar-refractivity contribution in [2.24, 2.45) is 0 Å². The lowest BCUT2D eigenvalue weighted by atomic mass is 10.1. The molecule has 208 valence electrons. The zero-order chi connectivity index (χ0) is 28.1. The summed E-state index contributed by atoms with van der Waals surface area (Å²) in [5.74, 6) is 0.819. The van der Waals surface area contributed by atoms with Gasteiger partial charge in [-0.05, 0) is 36.2 Å². The van der Waals surface area contributed by atoms with E-state index in [1.807, 2.05) is 5.38 Å². The Kier molecular flexibility index (Phi) is 8.35. The van der Waals surface area contributed by atoms with Crippen LogP contribution in [-0.2, 0) is 28.9 Å². The van der Waals surface area contributed by atoms with Crippen LogP contribution >= 0.6 is 22.7 Å². The van der Waals surface area contributed by atoms with Crippen molar-refractivity contribution in [3.8, 4) is 5.75 Å². The van der Waals surface area contributed by atoms with Crippen LogP contribution < -0.4 is 15.0 Å². The maximum atomic E-state index is 13.1. The first-order valence-corrected chi connectivity index (χ1v) is 14.2. The van der Waals surface area contributed by atoms with E-state index in [4.69, 9.17) is 0 Å². The number of amides is 1. The topological polar surface area (TPSA) is 123 Å². The Balaban J connectivity index is 1.11. The van der Waals surface area contributed by atoms with Crippen LogP contribution in [0.15, 0.2) is 47.3 Å². The highest BCUT2D eigenvalue weighted by molar-refractivity contribution is 7.11. The highest BCUT2D eigenvalue weighted by Gasteiger charge is 2.28. The van der Waals surface area contributed by atoms with Gasteiger partial charge in [0.2, 0.25) is 5.91 Å². The third-order valence-electron chi connectivity index (χ3n) is 6.03. The van der Waals surface area contributed by atoms with E-state index < -0.39 is 6.11 Å². The number of hydrogen-bond donors (Lipinski definition) is 1. The van der Waals surface area contributed by atoms with Gasteiger partial charge in [-0.2, -0.15) is 8.78 Å². The minimum absolute atomic E-state index is 0.0178. The maximum absolute atomic E-state index is 13.1. The molecular formula is C26H25F2N7O3S2. The number of alkyl halides is 2. The van der Waals surface area contributed by atoms with E-state index in [0.717, 1.165) is 23.7 Å². The lowest BCUT2D eigenvalue weighted by molar-refractivity contribution is -0.159. The molecule has 1 aromatic carbocycles. The highest BCUT2D eigenvalue weighted by Crippen LogP contribution is 2.32. The van der Waals surface area contributed by atoms with Crippen LogP contribution in [0.2, 0.25) is 0 Å². The van der Waals surface area contributed by atoms with Crippen molar-refractivity contribution < 1.29 is 23.1 Å². The molecule has 4 heterocycles. The molecule has 0 aliphatic carbocycles.